The van der Waals surface area contributed by atoms with Crippen molar-refractivity contribution in [3.05, 3.63) is 66.2 Å². The number of benzene rings is 1. The summed E-state index contributed by atoms with van der Waals surface area (Å²) < 4.78 is 30.7. The predicted octanol–water partition coefficient (Wildman–Crippen LogP) is 3.21. The molecule has 0 bridgehead atoms. The van der Waals surface area contributed by atoms with Crippen molar-refractivity contribution in [3.8, 4) is 11.5 Å². The van der Waals surface area contributed by atoms with Crippen molar-refractivity contribution in [2.75, 3.05) is 16.3 Å². The Morgan fingerprint density at radius 2 is 1.71 bits per heavy atom. The van der Waals surface area contributed by atoms with Gasteiger partial charge < -0.3 is 10.1 Å². The first-order valence-electron chi connectivity index (χ1n) is 8.67. The second-order valence-electron chi connectivity index (χ2n) is 6.11. The lowest BCUT2D eigenvalue weighted by atomic mass is 10.3. The van der Waals surface area contributed by atoms with Gasteiger partial charge in [-0.25, -0.2) is 18.4 Å². The SMILES string of the molecule is CCc1cnc(NCc2cc(Oc3ccc(NS(C)(=O)=O)cc3)ccn2)nc1. The number of ether oxygens (including phenoxy) is 1. The summed E-state index contributed by atoms with van der Waals surface area (Å²) in [5.74, 6) is 1.75. The molecule has 0 amide bonds. The van der Waals surface area contributed by atoms with Crippen LogP contribution in [0.4, 0.5) is 11.6 Å². The summed E-state index contributed by atoms with van der Waals surface area (Å²) >= 11 is 0. The fourth-order valence-electron chi connectivity index (χ4n) is 2.36. The Labute approximate surface area is 164 Å². The van der Waals surface area contributed by atoms with E-state index in [4.69, 9.17) is 4.74 Å². The number of rotatable bonds is 8. The van der Waals surface area contributed by atoms with Gasteiger partial charge in [-0.1, -0.05) is 6.92 Å². The monoisotopic (exact) mass is 399 g/mol. The second kappa shape index (κ2) is 8.66. The van der Waals surface area contributed by atoms with Crippen LogP contribution in [-0.4, -0.2) is 29.6 Å². The number of nitrogens with zero attached hydrogens (tertiary/aromatic N) is 3. The zero-order valence-electron chi connectivity index (χ0n) is 15.6. The fourth-order valence-corrected chi connectivity index (χ4v) is 2.92. The molecular weight excluding hydrogens is 378 g/mol. The molecule has 0 saturated carbocycles. The lowest BCUT2D eigenvalue weighted by Gasteiger charge is -2.09. The minimum Gasteiger partial charge on any atom is -0.457 e. The minimum atomic E-state index is -3.30. The van der Waals surface area contributed by atoms with Crippen molar-refractivity contribution in [1.29, 1.82) is 0 Å². The standard InChI is InChI=1S/C19H21N5O3S/c1-3-14-11-21-19(22-12-14)23-13-16-10-18(8-9-20-16)27-17-6-4-15(5-7-17)24-28(2,25)26/h4-12,24H,3,13H2,1-2H3,(H,21,22,23). The van der Waals surface area contributed by atoms with Gasteiger partial charge >= 0.3 is 0 Å². The van der Waals surface area contributed by atoms with Crippen LogP contribution in [0.15, 0.2) is 55.0 Å². The fraction of sp³-hybridized carbons (Fsp3) is 0.211. The van der Waals surface area contributed by atoms with Crippen LogP contribution in [0.5, 0.6) is 11.5 Å². The summed E-state index contributed by atoms with van der Waals surface area (Å²) in [4.78, 5) is 12.8. The molecule has 9 heteroatoms. The third kappa shape index (κ3) is 5.92. The normalized spacial score (nSPS) is 11.1. The summed E-state index contributed by atoms with van der Waals surface area (Å²) in [6, 6.07) is 10.2. The molecule has 0 saturated heterocycles. The van der Waals surface area contributed by atoms with Crippen LogP contribution in [0.25, 0.3) is 0 Å². The van der Waals surface area contributed by atoms with Crippen molar-refractivity contribution in [2.24, 2.45) is 0 Å². The average molecular weight is 399 g/mol. The third-order valence-electron chi connectivity index (χ3n) is 3.72. The number of aryl methyl sites for hydroxylation is 1. The van der Waals surface area contributed by atoms with E-state index in [2.05, 4.69) is 31.9 Å². The molecule has 0 aliphatic carbocycles. The molecule has 0 spiro atoms. The van der Waals surface area contributed by atoms with Crippen molar-refractivity contribution in [1.82, 2.24) is 15.0 Å². The number of nitrogens with one attached hydrogen (secondary N) is 2. The van der Waals surface area contributed by atoms with E-state index in [0.29, 0.717) is 29.7 Å². The molecule has 2 N–H and O–H groups in total. The summed E-state index contributed by atoms with van der Waals surface area (Å²) in [6.07, 6.45) is 7.25. The first-order chi connectivity index (χ1) is 13.4. The van der Waals surface area contributed by atoms with E-state index < -0.39 is 10.0 Å². The third-order valence-corrected chi connectivity index (χ3v) is 4.33. The molecule has 0 aliphatic rings. The average Bonchev–Trinajstić information content (AvgIpc) is 2.67. The Hall–Kier alpha value is -3.20. The maximum atomic E-state index is 11.2. The largest absolute Gasteiger partial charge is 0.457 e. The van der Waals surface area contributed by atoms with Crippen molar-refractivity contribution >= 4 is 21.7 Å². The molecule has 0 aliphatic heterocycles. The van der Waals surface area contributed by atoms with E-state index in [1.54, 1.807) is 48.9 Å². The maximum absolute atomic E-state index is 11.2. The molecule has 2 heterocycles. The maximum Gasteiger partial charge on any atom is 0.229 e. The highest BCUT2D eigenvalue weighted by molar-refractivity contribution is 7.92. The van der Waals surface area contributed by atoms with Gasteiger partial charge in [0.25, 0.3) is 0 Å². The second-order valence-corrected chi connectivity index (χ2v) is 7.85. The molecule has 3 aromatic rings. The smallest absolute Gasteiger partial charge is 0.229 e. The summed E-state index contributed by atoms with van der Waals surface area (Å²) in [5.41, 5.74) is 2.33. The number of hydrogen-bond donors (Lipinski definition) is 2. The highest BCUT2D eigenvalue weighted by Crippen LogP contribution is 2.23. The van der Waals surface area contributed by atoms with E-state index in [9.17, 15) is 8.42 Å². The quantitative estimate of drug-likeness (QED) is 0.599. The van der Waals surface area contributed by atoms with Crippen molar-refractivity contribution < 1.29 is 13.2 Å². The Bertz CT molecular complexity index is 1020. The van der Waals surface area contributed by atoms with Gasteiger partial charge in [-0.3, -0.25) is 9.71 Å². The molecule has 0 radical (unpaired) electrons. The zero-order valence-corrected chi connectivity index (χ0v) is 16.4. The van der Waals surface area contributed by atoms with Gasteiger partial charge in [0.2, 0.25) is 16.0 Å². The Kier molecular flexibility index (Phi) is 6.05. The van der Waals surface area contributed by atoms with Gasteiger partial charge in [0.1, 0.15) is 11.5 Å². The van der Waals surface area contributed by atoms with E-state index in [1.807, 2.05) is 6.07 Å². The minimum absolute atomic E-state index is 0.458. The molecule has 8 nitrogen and oxygen atoms in total. The van der Waals surface area contributed by atoms with Crippen LogP contribution in [0.1, 0.15) is 18.2 Å². The molecule has 1 aromatic carbocycles. The number of aromatic nitrogens is 3. The van der Waals surface area contributed by atoms with Crippen LogP contribution in [0, 0.1) is 0 Å². The van der Waals surface area contributed by atoms with Crippen LogP contribution >= 0.6 is 0 Å². The van der Waals surface area contributed by atoms with Gasteiger partial charge in [0.05, 0.1) is 18.5 Å². The van der Waals surface area contributed by atoms with Gasteiger partial charge in [0, 0.05) is 30.3 Å². The number of hydrogen-bond acceptors (Lipinski definition) is 7. The van der Waals surface area contributed by atoms with E-state index in [-0.39, 0.29) is 0 Å². The molecule has 0 fully saturated rings. The van der Waals surface area contributed by atoms with Crippen molar-refractivity contribution in [3.63, 3.8) is 0 Å². The lowest BCUT2D eigenvalue weighted by Crippen LogP contribution is -2.09. The molecule has 3 rings (SSSR count). The Morgan fingerprint density at radius 1 is 1.00 bits per heavy atom. The summed E-state index contributed by atoms with van der Waals surface area (Å²) in [5, 5.41) is 3.13. The molecule has 0 atom stereocenters. The number of pyridine rings is 1. The van der Waals surface area contributed by atoms with Crippen LogP contribution in [-0.2, 0) is 23.0 Å². The first kappa shape index (κ1) is 19.6. The van der Waals surface area contributed by atoms with E-state index in [0.717, 1.165) is 23.9 Å². The van der Waals surface area contributed by atoms with Crippen LogP contribution in [0.3, 0.4) is 0 Å². The van der Waals surface area contributed by atoms with Gasteiger partial charge in [-0.05, 0) is 42.3 Å². The lowest BCUT2D eigenvalue weighted by molar-refractivity contribution is 0.481. The Balaban J connectivity index is 1.61. The highest BCUT2D eigenvalue weighted by Gasteiger charge is 2.04. The van der Waals surface area contributed by atoms with Gasteiger partial charge in [-0.15, -0.1) is 0 Å². The van der Waals surface area contributed by atoms with Crippen LogP contribution < -0.4 is 14.8 Å². The topological polar surface area (TPSA) is 106 Å². The van der Waals surface area contributed by atoms with Crippen LogP contribution in [0.2, 0.25) is 0 Å². The molecule has 2 aromatic heterocycles. The van der Waals surface area contributed by atoms with Gasteiger partial charge in [0.15, 0.2) is 0 Å². The predicted molar refractivity (Wildman–Crippen MR) is 108 cm³/mol. The first-order valence-corrected chi connectivity index (χ1v) is 10.6. The summed E-state index contributed by atoms with van der Waals surface area (Å²) in [6.45, 7) is 2.51. The Morgan fingerprint density at radius 3 is 2.36 bits per heavy atom. The number of anilines is 2. The zero-order chi connectivity index (χ0) is 20.0. The summed E-state index contributed by atoms with van der Waals surface area (Å²) in [7, 11) is -3.30. The van der Waals surface area contributed by atoms with Gasteiger partial charge in [-0.2, -0.15) is 0 Å². The number of sulfonamides is 1. The molecule has 146 valence electrons. The molecule has 28 heavy (non-hydrogen) atoms. The van der Waals surface area contributed by atoms with E-state index >= 15 is 0 Å². The van der Waals surface area contributed by atoms with E-state index in [1.165, 1.54) is 0 Å². The molecule has 0 unspecified atom stereocenters. The van der Waals surface area contributed by atoms with Crippen molar-refractivity contribution in [2.45, 2.75) is 19.9 Å². The molecular formula is C19H21N5O3S. The highest BCUT2D eigenvalue weighted by atomic mass is 32.2.